The highest BCUT2D eigenvalue weighted by Gasteiger charge is 2.16. The molecule has 2 rings (SSSR count). The summed E-state index contributed by atoms with van der Waals surface area (Å²) in [5.74, 6) is -0.951. The van der Waals surface area contributed by atoms with Gasteiger partial charge in [0.05, 0.1) is 12.1 Å². The van der Waals surface area contributed by atoms with Gasteiger partial charge in [0.15, 0.2) is 5.69 Å². The first-order valence-corrected chi connectivity index (χ1v) is 5.02. The van der Waals surface area contributed by atoms with Gasteiger partial charge in [0.25, 0.3) is 0 Å². The number of aromatic nitrogens is 1. The van der Waals surface area contributed by atoms with Crippen LogP contribution in [0.15, 0.2) is 30.5 Å². The van der Waals surface area contributed by atoms with Gasteiger partial charge >= 0.3 is 5.97 Å². The number of hydrogen-bond acceptors (Lipinski definition) is 1. The summed E-state index contributed by atoms with van der Waals surface area (Å²) in [4.78, 5) is 17.3. The highest BCUT2D eigenvalue weighted by molar-refractivity contribution is 5.97. The summed E-state index contributed by atoms with van der Waals surface area (Å²) >= 11 is 0. The highest BCUT2D eigenvalue weighted by Crippen LogP contribution is 2.27. The predicted molar refractivity (Wildman–Crippen MR) is 64.2 cm³/mol. The van der Waals surface area contributed by atoms with E-state index in [4.69, 9.17) is 11.7 Å². The first kappa shape index (κ1) is 11.0. The van der Waals surface area contributed by atoms with Crippen LogP contribution in [0.25, 0.3) is 16.0 Å². The number of aryl methyl sites for hydroxylation is 1. The standard InChI is InChI=1S/C13H10N2O2/c1-8-12(13(16)17)11(7-15-8)9-3-5-10(14-2)6-4-9/h3-7,15H,1H3,(H,16,17). The Kier molecular flexibility index (Phi) is 2.67. The lowest BCUT2D eigenvalue weighted by Crippen LogP contribution is -1.98. The summed E-state index contributed by atoms with van der Waals surface area (Å²) in [6, 6.07) is 6.86. The topological polar surface area (TPSA) is 57.5 Å². The highest BCUT2D eigenvalue weighted by atomic mass is 16.4. The molecule has 0 amide bonds. The van der Waals surface area contributed by atoms with Crippen molar-refractivity contribution in [2.45, 2.75) is 6.92 Å². The molecule has 2 aromatic rings. The number of rotatable bonds is 2. The van der Waals surface area contributed by atoms with E-state index in [0.717, 1.165) is 5.56 Å². The number of benzene rings is 1. The van der Waals surface area contributed by atoms with Gasteiger partial charge in [0.2, 0.25) is 0 Å². The van der Waals surface area contributed by atoms with Crippen LogP contribution < -0.4 is 0 Å². The first-order valence-electron chi connectivity index (χ1n) is 5.02. The van der Waals surface area contributed by atoms with E-state index in [1.165, 1.54) is 0 Å². The number of nitrogens with zero attached hydrogens (tertiary/aromatic N) is 1. The molecule has 84 valence electrons. The Morgan fingerprint density at radius 3 is 2.53 bits per heavy atom. The van der Waals surface area contributed by atoms with Gasteiger partial charge in [-0.25, -0.2) is 9.64 Å². The maximum Gasteiger partial charge on any atom is 0.338 e. The monoisotopic (exact) mass is 226 g/mol. The molecule has 1 aromatic heterocycles. The Morgan fingerprint density at radius 2 is 2.00 bits per heavy atom. The fourth-order valence-corrected chi connectivity index (χ4v) is 1.75. The Morgan fingerprint density at radius 1 is 1.35 bits per heavy atom. The van der Waals surface area contributed by atoms with Crippen molar-refractivity contribution >= 4 is 11.7 Å². The Bertz CT molecular complexity index is 603. The molecule has 0 aliphatic carbocycles. The molecule has 0 unspecified atom stereocenters. The number of hydrogen-bond donors (Lipinski definition) is 2. The fraction of sp³-hybridized carbons (Fsp3) is 0.0769. The molecule has 0 fully saturated rings. The summed E-state index contributed by atoms with van der Waals surface area (Å²) < 4.78 is 0. The number of carbonyl (C=O) groups is 1. The normalized spacial score (nSPS) is 9.88. The molecule has 0 bridgehead atoms. The average molecular weight is 226 g/mol. The number of carboxylic acids is 1. The molecule has 0 atom stereocenters. The summed E-state index contributed by atoms with van der Waals surface area (Å²) in [6.07, 6.45) is 1.67. The Balaban J connectivity index is 2.53. The third-order valence-electron chi connectivity index (χ3n) is 2.60. The second-order valence-corrected chi connectivity index (χ2v) is 3.67. The second kappa shape index (κ2) is 4.14. The largest absolute Gasteiger partial charge is 0.478 e. The number of nitrogens with one attached hydrogen (secondary N) is 1. The zero-order valence-electron chi connectivity index (χ0n) is 9.19. The molecule has 0 aliphatic heterocycles. The van der Waals surface area contributed by atoms with Gasteiger partial charge in [-0.3, -0.25) is 0 Å². The van der Waals surface area contributed by atoms with Crippen molar-refractivity contribution in [1.82, 2.24) is 4.98 Å². The number of carboxylic acid groups (broad SMARTS) is 1. The lowest BCUT2D eigenvalue weighted by molar-refractivity contribution is 0.0697. The molecule has 2 N–H and O–H groups in total. The Hall–Kier alpha value is -2.54. The lowest BCUT2D eigenvalue weighted by atomic mass is 10.0. The summed E-state index contributed by atoms with van der Waals surface area (Å²) in [6.45, 7) is 8.58. The SMILES string of the molecule is [C-]#[N+]c1ccc(-c2c[nH]c(C)c2C(=O)O)cc1. The smallest absolute Gasteiger partial charge is 0.338 e. The predicted octanol–water partition coefficient (Wildman–Crippen LogP) is 3.24. The summed E-state index contributed by atoms with van der Waals surface area (Å²) in [7, 11) is 0. The van der Waals surface area contributed by atoms with Crippen LogP contribution in [0.1, 0.15) is 16.1 Å². The van der Waals surface area contributed by atoms with Crippen LogP contribution in [0.2, 0.25) is 0 Å². The second-order valence-electron chi connectivity index (χ2n) is 3.67. The number of aromatic carboxylic acids is 1. The van der Waals surface area contributed by atoms with E-state index in [2.05, 4.69) is 9.83 Å². The van der Waals surface area contributed by atoms with Crippen LogP contribution >= 0.6 is 0 Å². The number of H-pyrrole nitrogens is 1. The van der Waals surface area contributed by atoms with Crippen LogP contribution in [-0.2, 0) is 0 Å². The van der Waals surface area contributed by atoms with Crippen molar-refractivity contribution in [3.63, 3.8) is 0 Å². The summed E-state index contributed by atoms with van der Waals surface area (Å²) in [5, 5.41) is 9.13. The van der Waals surface area contributed by atoms with Crippen molar-refractivity contribution in [2.24, 2.45) is 0 Å². The van der Waals surface area contributed by atoms with Crippen molar-refractivity contribution in [1.29, 1.82) is 0 Å². The Labute approximate surface area is 98.4 Å². The molecular formula is C13H10N2O2. The van der Waals surface area contributed by atoms with Crippen molar-refractivity contribution in [2.75, 3.05) is 0 Å². The van der Waals surface area contributed by atoms with Crippen molar-refractivity contribution in [3.05, 3.63) is 53.1 Å². The zero-order chi connectivity index (χ0) is 12.4. The number of aromatic amines is 1. The third kappa shape index (κ3) is 1.91. The van der Waals surface area contributed by atoms with Crippen LogP contribution in [0.4, 0.5) is 5.69 Å². The van der Waals surface area contributed by atoms with Gasteiger partial charge in [-0.1, -0.05) is 24.3 Å². The van der Waals surface area contributed by atoms with Gasteiger partial charge < -0.3 is 10.1 Å². The maximum absolute atomic E-state index is 11.1. The molecule has 0 saturated heterocycles. The van der Waals surface area contributed by atoms with Crippen molar-refractivity contribution < 1.29 is 9.90 Å². The third-order valence-corrected chi connectivity index (χ3v) is 2.60. The zero-order valence-corrected chi connectivity index (χ0v) is 9.19. The quantitative estimate of drug-likeness (QED) is 0.772. The molecule has 4 heteroatoms. The van der Waals surface area contributed by atoms with Crippen LogP contribution in [-0.4, -0.2) is 16.1 Å². The first-order chi connectivity index (χ1) is 8.13. The summed E-state index contributed by atoms with van der Waals surface area (Å²) in [5.41, 5.74) is 2.88. The van der Waals surface area contributed by atoms with E-state index >= 15 is 0 Å². The molecule has 0 radical (unpaired) electrons. The van der Waals surface area contributed by atoms with Gasteiger partial charge in [-0.15, -0.1) is 0 Å². The van der Waals surface area contributed by atoms with E-state index in [1.807, 2.05) is 0 Å². The van der Waals surface area contributed by atoms with Crippen molar-refractivity contribution in [3.8, 4) is 11.1 Å². The molecular weight excluding hydrogens is 216 g/mol. The van der Waals surface area contributed by atoms with E-state index in [0.29, 0.717) is 16.9 Å². The average Bonchev–Trinajstić information content (AvgIpc) is 2.71. The molecule has 1 heterocycles. The maximum atomic E-state index is 11.1. The van der Waals surface area contributed by atoms with E-state index in [9.17, 15) is 4.79 Å². The van der Waals surface area contributed by atoms with Crippen LogP contribution in [0, 0.1) is 13.5 Å². The van der Waals surface area contributed by atoms with Gasteiger partial charge in [0.1, 0.15) is 0 Å². The molecule has 1 aromatic carbocycles. The molecule has 4 nitrogen and oxygen atoms in total. The molecule has 17 heavy (non-hydrogen) atoms. The van der Waals surface area contributed by atoms with E-state index in [-0.39, 0.29) is 5.56 Å². The van der Waals surface area contributed by atoms with Gasteiger partial charge in [-0.2, -0.15) is 0 Å². The van der Waals surface area contributed by atoms with Gasteiger partial charge in [0, 0.05) is 17.5 Å². The van der Waals surface area contributed by atoms with Crippen LogP contribution in [0.5, 0.6) is 0 Å². The molecule has 0 aliphatic rings. The molecule has 0 saturated carbocycles. The minimum atomic E-state index is -0.951. The van der Waals surface area contributed by atoms with E-state index < -0.39 is 5.97 Å². The molecule has 0 spiro atoms. The minimum Gasteiger partial charge on any atom is -0.478 e. The van der Waals surface area contributed by atoms with Gasteiger partial charge in [-0.05, 0) is 12.5 Å². The fourth-order valence-electron chi connectivity index (χ4n) is 1.75. The van der Waals surface area contributed by atoms with Crippen LogP contribution in [0.3, 0.4) is 0 Å². The lowest BCUT2D eigenvalue weighted by Gasteiger charge is -2.01. The van der Waals surface area contributed by atoms with E-state index in [1.54, 1.807) is 37.4 Å². The minimum absolute atomic E-state index is 0.278.